The van der Waals surface area contributed by atoms with Gasteiger partial charge in [-0.3, -0.25) is 0 Å². The van der Waals surface area contributed by atoms with Crippen LogP contribution >= 0.6 is 0 Å². The highest BCUT2D eigenvalue weighted by Crippen LogP contribution is 2.36. The number of carbonyl (C=O) groups is 1. The Morgan fingerprint density at radius 1 is 1.26 bits per heavy atom. The topological polar surface area (TPSA) is 75.4 Å². The fraction of sp³-hybridized carbons (Fsp3) is 0.625. The van der Waals surface area contributed by atoms with Crippen LogP contribution in [0.15, 0.2) is 18.5 Å². The van der Waals surface area contributed by atoms with E-state index < -0.39 is 0 Å². The summed E-state index contributed by atoms with van der Waals surface area (Å²) in [5.41, 5.74) is 0. The Balaban J connectivity index is 1.31. The van der Waals surface area contributed by atoms with Gasteiger partial charge in [-0.2, -0.15) is 4.98 Å². The van der Waals surface area contributed by atoms with Crippen LogP contribution in [-0.2, 0) is 6.54 Å². The number of rotatable bonds is 3. The molecule has 2 aliphatic rings. The number of carbonyl (C=O) groups excluding carboxylic acids is 1. The third-order valence-electron chi connectivity index (χ3n) is 5.14. The minimum absolute atomic E-state index is 0.00249. The molecule has 7 heteroatoms. The van der Waals surface area contributed by atoms with Crippen LogP contribution in [0.3, 0.4) is 0 Å². The number of hydrogen-bond acceptors (Lipinski definition) is 4. The molecule has 2 fully saturated rings. The SMILES string of the molecule is O=C(NCc1nc2ncccn2n1)N1CCC(C2CCCC2)C1. The Morgan fingerprint density at radius 3 is 2.96 bits per heavy atom. The molecule has 0 bridgehead atoms. The van der Waals surface area contributed by atoms with Gasteiger partial charge in [0.05, 0.1) is 6.54 Å². The van der Waals surface area contributed by atoms with Gasteiger partial charge in [-0.25, -0.2) is 14.3 Å². The molecule has 1 atom stereocenters. The zero-order chi connectivity index (χ0) is 15.6. The van der Waals surface area contributed by atoms with E-state index in [1.165, 1.54) is 25.7 Å². The highest BCUT2D eigenvalue weighted by Gasteiger charge is 2.33. The van der Waals surface area contributed by atoms with E-state index in [0.29, 0.717) is 24.1 Å². The van der Waals surface area contributed by atoms with Crippen LogP contribution < -0.4 is 5.32 Å². The monoisotopic (exact) mass is 314 g/mol. The van der Waals surface area contributed by atoms with E-state index in [1.54, 1.807) is 23.0 Å². The Labute approximate surface area is 135 Å². The van der Waals surface area contributed by atoms with Crippen LogP contribution in [0.25, 0.3) is 5.78 Å². The van der Waals surface area contributed by atoms with Gasteiger partial charge >= 0.3 is 6.03 Å². The first-order valence-corrected chi connectivity index (χ1v) is 8.48. The largest absolute Gasteiger partial charge is 0.331 e. The van der Waals surface area contributed by atoms with Crippen LogP contribution in [0.5, 0.6) is 0 Å². The van der Waals surface area contributed by atoms with Crippen molar-refractivity contribution in [3.63, 3.8) is 0 Å². The van der Waals surface area contributed by atoms with E-state index in [-0.39, 0.29) is 6.03 Å². The summed E-state index contributed by atoms with van der Waals surface area (Å²) in [5.74, 6) is 2.67. The van der Waals surface area contributed by atoms with Gasteiger partial charge in [0.2, 0.25) is 0 Å². The van der Waals surface area contributed by atoms with Gasteiger partial charge in [0.25, 0.3) is 5.78 Å². The van der Waals surface area contributed by atoms with Gasteiger partial charge in [0, 0.05) is 25.5 Å². The Hall–Kier alpha value is -2.18. The van der Waals surface area contributed by atoms with Crippen molar-refractivity contribution in [3.05, 3.63) is 24.3 Å². The van der Waals surface area contributed by atoms with Crippen LogP contribution in [0.4, 0.5) is 4.79 Å². The van der Waals surface area contributed by atoms with Crippen molar-refractivity contribution in [2.24, 2.45) is 11.8 Å². The van der Waals surface area contributed by atoms with Crippen molar-refractivity contribution in [2.75, 3.05) is 13.1 Å². The van der Waals surface area contributed by atoms with E-state index >= 15 is 0 Å². The molecule has 122 valence electrons. The number of amides is 2. The maximum atomic E-state index is 12.3. The fourth-order valence-electron chi connectivity index (χ4n) is 3.90. The van der Waals surface area contributed by atoms with Crippen LogP contribution in [-0.4, -0.2) is 43.6 Å². The number of fused-ring (bicyclic) bond motifs is 1. The van der Waals surface area contributed by atoms with Gasteiger partial charge in [0.1, 0.15) is 0 Å². The maximum absolute atomic E-state index is 12.3. The first kappa shape index (κ1) is 14.4. The zero-order valence-electron chi connectivity index (χ0n) is 13.2. The molecule has 1 saturated heterocycles. The lowest BCUT2D eigenvalue weighted by atomic mass is 9.90. The van der Waals surface area contributed by atoms with E-state index in [9.17, 15) is 4.79 Å². The Kier molecular flexibility index (Phi) is 3.85. The quantitative estimate of drug-likeness (QED) is 0.938. The van der Waals surface area contributed by atoms with Crippen LogP contribution in [0.1, 0.15) is 37.9 Å². The Bertz CT molecular complexity index is 660. The molecule has 3 heterocycles. The number of urea groups is 1. The van der Waals surface area contributed by atoms with Gasteiger partial charge in [-0.05, 0) is 24.3 Å². The van der Waals surface area contributed by atoms with Crippen molar-refractivity contribution >= 4 is 11.8 Å². The number of nitrogens with one attached hydrogen (secondary N) is 1. The predicted molar refractivity (Wildman–Crippen MR) is 84.7 cm³/mol. The molecule has 7 nitrogen and oxygen atoms in total. The molecule has 2 aromatic heterocycles. The summed E-state index contributed by atoms with van der Waals surface area (Å²) in [6.07, 6.45) is 10.0. The number of nitrogens with zero attached hydrogens (tertiary/aromatic N) is 5. The van der Waals surface area contributed by atoms with Crippen LogP contribution in [0.2, 0.25) is 0 Å². The van der Waals surface area contributed by atoms with E-state index in [4.69, 9.17) is 0 Å². The molecule has 1 saturated carbocycles. The van der Waals surface area contributed by atoms with Crippen molar-refractivity contribution in [1.82, 2.24) is 29.8 Å². The summed E-state index contributed by atoms with van der Waals surface area (Å²) in [6.45, 7) is 2.11. The highest BCUT2D eigenvalue weighted by molar-refractivity contribution is 5.74. The molecular formula is C16H22N6O. The molecule has 23 heavy (non-hydrogen) atoms. The van der Waals surface area contributed by atoms with E-state index in [0.717, 1.165) is 25.4 Å². The number of likely N-dealkylation sites (tertiary alicyclic amines) is 1. The summed E-state index contributed by atoms with van der Waals surface area (Å²) in [6, 6.07) is 1.80. The molecule has 1 aliphatic carbocycles. The van der Waals surface area contributed by atoms with E-state index in [1.807, 2.05) is 4.90 Å². The molecule has 1 N–H and O–H groups in total. The fourth-order valence-corrected chi connectivity index (χ4v) is 3.90. The number of hydrogen-bond donors (Lipinski definition) is 1. The molecular weight excluding hydrogens is 292 g/mol. The van der Waals surface area contributed by atoms with E-state index in [2.05, 4.69) is 20.4 Å². The molecule has 4 rings (SSSR count). The maximum Gasteiger partial charge on any atom is 0.317 e. The number of aromatic nitrogens is 4. The molecule has 1 unspecified atom stereocenters. The summed E-state index contributed by atoms with van der Waals surface area (Å²) in [4.78, 5) is 22.7. The third-order valence-corrected chi connectivity index (χ3v) is 5.14. The second kappa shape index (κ2) is 6.14. The first-order valence-electron chi connectivity index (χ1n) is 8.48. The van der Waals surface area contributed by atoms with Crippen molar-refractivity contribution in [2.45, 2.75) is 38.6 Å². The second-order valence-electron chi connectivity index (χ2n) is 6.59. The summed E-state index contributed by atoms with van der Waals surface area (Å²) >= 11 is 0. The third kappa shape index (κ3) is 3.00. The molecule has 0 radical (unpaired) electrons. The zero-order valence-corrected chi connectivity index (χ0v) is 13.2. The standard InChI is InChI=1S/C16H22N6O/c23-16(21-9-6-13(11-21)12-4-1-2-5-12)18-10-14-19-15-17-7-3-8-22(15)20-14/h3,7-8,12-13H,1-2,4-6,9-11H2,(H,18,23). The summed E-state index contributed by atoms with van der Waals surface area (Å²) in [7, 11) is 0. The second-order valence-corrected chi connectivity index (χ2v) is 6.59. The Morgan fingerprint density at radius 2 is 2.13 bits per heavy atom. The molecule has 2 aromatic rings. The van der Waals surface area contributed by atoms with Gasteiger partial charge in [-0.1, -0.05) is 25.7 Å². The first-order chi connectivity index (χ1) is 11.3. The van der Waals surface area contributed by atoms with Crippen molar-refractivity contribution in [1.29, 1.82) is 0 Å². The molecule has 0 spiro atoms. The average Bonchev–Trinajstić information content (AvgIpc) is 3.31. The predicted octanol–water partition coefficient (Wildman–Crippen LogP) is 1.85. The van der Waals surface area contributed by atoms with Crippen LogP contribution in [0, 0.1) is 11.8 Å². The van der Waals surface area contributed by atoms with Gasteiger partial charge in [-0.15, -0.1) is 5.10 Å². The lowest BCUT2D eigenvalue weighted by Crippen LogP contribution is -2.38. The minimum atomic E-state index is -0.00249. The van der Waals surface area contributed by atoms with Gasteiger partial charge in [0.15, 0.2) is 5.82 Å². The summed E-state index contributed by atoms with van der Waals surface area (Å²) in [5, 5.41) is 7.23. The smallest absolute Gasteiger partial charge is 0.317 e. The molecule has 1 aliphatic heterocycles. The lowest BCUT2D eigenvalue weighted by Gasteiger charge is -2.20. The normalized spacial score (nSPS) is 22.1. The lowest BCUT2D eigenvalue weighted by molar-refractivity contribution is 0.203. The van der Waals surface area contributed by atoms with Crippen molar-refractivity contribution in [3.8, 4) is 0 Å². The molecule has 0 aromatic carbocycles. The highest BCUT2D eigenvalue weighted by atomic mass is 16.2. The van der Waals surface area contributed by atoms with Gasteiger partial charge < -0.3 is 10.2 Å². The average molecular weight is 314 g/mol. The molecule has 2 amide bonds. The van der Waals surface area contributed by atoms with Crippen molar-refractivity contribution < 1.29 is 4.79 Å². The minimum Gasteiger partial charge on any atom is -0.331 e. The summed E-state index contributed by atoms with van der Waals surface area (Å²) < 4.78 is 1.62.